The zero-order valence-corrected chi connectivity index (χ0v) is 26.4. The number of nitrogens with zero attached hydrogens (tertiary/aromatic N) is 2. The predicted octanol–water partition coefficient (Wildman–Crippen LogP) is 12.8. The van der Waals surface area contributed by atoms with E-state index < -0.39 is 0 Å². The molecule has 7 aromatic rings. The molecule has 7 aromatic carbocycles. The molecule has 2 aliphatic heterocycles. The number of anilines is 6. The van der Waals surface area contributed by atoms with Crippen LogP contribution in [-0.2, 0) is 0 Å². The molecule has 0 fully saturated rings. The highest BCUT2D eigenvalue weighted by Crippen LogP contribution is 2.58. The van der Waals surface area contributed by atoms with E-state index in [1.165, 1.54) is 12.1 Å². The lowest BCUT2D eigenvalue weighted by Gasteiger charge is -2.38. The van der Waals surface area contributed by atoms with E-state index in [0.29, 0.717) is 62.2 Å². The maximum atomic E-state index is 16.1. The van der Waals surface area contributed by atoms with Crippen molar-refractivity contribution in [1.82, 2.24) is 0 Å². The highest BCUT2D eigenvalue weighted by atomic mass is 19.1. The molecule has 0 radical (unpaired) electrons. The van der Waals surface area contributed by atoms with Crippen molar-refractivity contribution in [3.8, 4) is 45.3 Å². The molecule has 4 nitrogen and oxygen atoms in total. The van der Waals surface area contributed by atoms with E-state index in [1.54, 1.807) is 24.3 Å². The van der Waals surface area contributed by atoms with E-state index in [1.807, 2.05) is 122 Å². The Morgan fingerprint density at radius 1 is 0.388 bits per heavy atom. The maximum absolute atomic E-state index is 16.1. The average Bonchev–Trinajstić information content (AvgIpc) is 3.13. The SMILES string of the molecule is Cc1c(-c2ccccc2F)c(N2c3ccccc3Oc3ccccc32)cc(N2c3ccccc3Oc3ccccc32)c1-c1ccccc1F. The van der Waals surface area contributed by atoms with Crippen molar-refractivity contribution in [2.24, 2.45) is 0 Å². The molecule has 236 valence electrons. The highest BCUT2D eigenvalue weighted by Gasteiger charge is 2.34. The van der Waals surface area contributed by atoms with Crippen molar-refractivity contribution >= 4 is 34.1 Å². The minimum absolute atomic E-state index is 0.379. The minimum atomic E-state index is -0.379. The summed E-state index contributed by atoms with van der Waals surface area (Å²) in [4.78, 5) is 4.24. The van der Waals surface area contributed by atoms with Crippen molar-refractivity contribution in [1.29, 1.82) is 0 Å². The molecule has 2 heterocycles. The third kappa shape index (κ3) is 4.56. The minimum Gasteiger partial charge on any atom is -0.453 e. The van der Waals surface area contributed by atoms with Crippen LogP contribution in [0.1, 0.15) is 5.56 Å². The lowest BCUT2D eigenvalue weighted by Crippen LogP contribution is -2.20. The number of hydrogen-bond donors (Lipinski definition) is 0. The predicted molar refractivity (Wildman–Crippen MR) is 191 cm³/mol. The molecule has 0 unspecified atom stereocenters. The molecule has 6 heteroatoms. The molecular formula is C43H28F2N2O2. The molecule has 0 N–H and O–H groups in total. The van der Waals surface area contributed by atoms with Crippen LogP contribution >= 0.6 is 0 Å². The lowest BCUT2D eigenvalue weighted by atomic mass is 9.87. The summed E-state index contributed by atoms with van der Waals surface area (Å²) in [6, 6.07) is 46.8. The van der Waals surface area contributed by atoms with Crippen molar-refractivity contribution in [3.05, 3.63) is 169 Å². The van der Waals surface area contributed by atoms with Crippen LogP contribution in [-0.4, -0.2) is 0 Å². The Hall–Kier alpha value is -6.40. The van der Waals surface area contributed by atoms with E-state index in [2.05, 4.69) is 9.80 Å². The summed E-state index contributed by atoms with van der Waals surface area (Å²) in [5, 5.41) is 0. The Labute approximate surface area is 282 Å². The Bertz CT molecular complexity index is 2170. The van der Waals surface area contributed by atoms with Crippen molar-refractivity contribution in [2.45, 2.75) is 6.92 Å². The molecular weight excluding hydrogens is 614 g/mol. The van der Waals surface area contributed by atoms with Gasteiger partial charge in [-0.15, -0.1) is 0 Å². The number of para-hydroxylation sites is 8. The largest absolute Gasteiger partial charge is 0.453 e. The second-order valence-corrected chi connectivity index (χ2v) is 12.0. The van der Waals surface area contributed by atoms with Gasteiger partial charge in [0.1, 0.15) is 11.6 Å². The number of hydrogen-bond acceptors (Lipinski definition) is 4. The second-order valence-electron chi connectivity index (χ2n) is 12.0. The topological polar surface area (TPSA) is 24.9 Å². The van der Waals surface area contributed by atoms with Gasteiger partial charge in [-0.3, -0.25) is 0 Å². The van der Waals surface area contributed by atoms with Crippen LogP contribution in [0.2, 0.25) is 0 Å². The molecule has 0 spiro atoms. The quantitative estimate of drug-likeness (QED) is 0.191. The number of benzene rings is 7. The van der Waals surface area contributed by atoms with Crippen LogP contribution in [0.4, 0.5) is 42.9 Å². The first-order valence-electron chi connectivity index (χ1n) is 16.1. The third-order valence-corrected chi connectivity index (χ3v) is 9.17. The van der Waals surface area contributed by atoms with Crippen molar-refractivity contribution < 1.29 is 18.3 Å². The van der Waals surface area contributed by atoms with Crippen LogP contribution in [0.25, 0.3) is 22.3 Å². The molecule has 0 aliphatic carbocycles. The van der Waals surface area contributed by atoms with E-state index in [9.17, 15) is 0 Å². The summed E-state index contributed by atoms with van der Waals surface area (Å²) in [5.41, 5.74) is 7.41. The van der Waals surface area contributed by atoms with Gasteiger partial charge < -0.3 is 19.3 Å². The average molecular weight is 643 g/mol. The van der Waals surface area contributed by atoms with E-state index >= 15 is 8.78 Å². The molecule has 9 rings (SSSR count). The molecule has 0 atom stereocenters. The van der Waals surface area contributed by atoms with Crippen LogP contribution in [0.15, 0.2) is 152 Å². The van der Waals surface area contributed by atoms with Gasteiger partial charge in [0.05, 0.1) is 34.1 Å². The Balaban J connectivity index is 1.46. The summed E-state index contributed by atoms with van der Waals surface area (Å²) in [6.07, 6.45) is 0. The zero-order valence-electron chi connectivity index (χ0n) is 26.4. The fourth-order valence-corrected chi connectivity index (χ4v) is 7.07. The second kappa shape index (κ2) is 11.4. The lowest BCUT2D eigenvalue weighted by molar-refractivity contribution is 0.477. The van der Waals surface area contributed by atoms with Crippen LogP contribution in [0.5, 0.6) is 23.0 Å². The normalized spacial score (nSPS) is 12.6. The Kier molecular flexibility index (Phi) is 6.69. The van der Waals surface area contributed by atoms with Gasteiger partial charge in [0, 0.05) is 22.3 Å². The summed E-state index contributed by atoms with van der Waals surface area (Å²) in [6.45, 7) is 1.95. The van der Waals surface area contributed by atoms with Gasteiger partial charge in [-0.25, -0.2) is 8.78 Å². The monoisotopic (exact) mass is 642 g/mol. The van der Waals surface area contributed by atoms with Crippen LogP contribution in [0.3, 0.4) is 0 Å². The van der Waals surface area contributed by atoms with E-state index in [4.69, 9.17) is 9.47 Å². The molecule has 0 bridgehead atoms. The fourth-order valence-electron chi connectivity index (χ4n) is 7.07. The maximum Gasteiger partial charge on any atom is 0.151 e. The van der Waals surface area contributed by atoms with Gasteiger partial charge in [-0.1, -0.05) is 84.9 Å². The van der Waals surface area contributed by atoms with Gasteiger partial charge in [-0.05, 0) is 79.2 Å². The third-order valence-electron chi connectivity index (χ3n) is 9.17. The van der Waals surface area contributed by atoms with Gasteiger partial charge in [0.25, 0.3) is 0 Å². The standard InChI is InChI=1S/C43H28F2N2O2/c1-27-42(28-14-2-4-16-30(28)44)36(46-32-18-6-10-22-38(32)48-39-23-11-7-19-33(39)46)26-37(43(27)29-15-3-5-17-31(29)45)47-34-20-8-12-24-40(34)49-41-25-13-9-21-35(41)47/h2-26H,1H3. The summed E-state index contributed by atoms with van der Waals surface area (Å²) >= 11 is 0. The Morgan fingerprint density at radius 3 is 1.04 bits per heavy atom. The summed E-state index contributed by atoms with van der Waals surface area (Å²) in [5.74, 6) is 1.91. The zero-order chi connectivity index (χ0) is 33.1. The molecule has 49 heavy (non-hydrogen) atoms. The molecule has 2 aliphatic rings. The van der Waals surface area contributed by atoms with Crippen molar-refractivity contribution in [3.63, 3.8) is 0 Å². The molecule has 0 saturated carbocycles. The van der Waals surface area contributed by atoms with E-state index in [0.717, 1.165) is 22.7 Å². The van der Waals surface area contributed by atoms with E-state index in [-0.39, 0.29) is 11.6 Å². The first kappa shape index (κ1) is 28.8. The highest BCUT2D eigenvalue weighted by molar-refractivity contribution is 6.03. The summed E-state index contributed by atoms with van der Waals surface area (Å²) < 4.78 is 45.0. The first-order valence-corrected chi connectivity index (χ1v) is 16.1. The van der Waals surface area contributed by atoms with Crippen LogP contribution in [0, 0.1) is 18.6 Å². The first-order chi connectivity index (χ1) is 24.1. The number of rotatable bonds is 4. The number of ether oxygens (including phenoxy) is 2. The molecule has 0 saturated heterocycles. The molecule has 0 aromatic heterocycles. The number of halogens is 2. The number of fused-ring (bicyclic) bond motifs is 4. The fraction of sp³-hybridized carbons (Fsp3) is 0.0233. The van der Waals surface area contributed by atoms with Gasteiger partial charge in [-0.2, -0.15) is 0 Å². The summed E-state index contributed by atoms with van der Waals surface area (Å²) in [7, 11) is 0. The molecule has 0 amide bonds. The van der Waals surface area contributed by atoms with Crippen LogP contribution < -0.4 is 19.3 Å². The van der Waals surface area contributed by atoms with Crippen molar-refractivity contribution in [2.75, 3.05) is 9.80 Å². The van der Waals surface area contributed by atoms with Gasteiger partial charge in [0.15, 0.2) is 23.0 Å². The Morgan fingerprint density at radius 2 is 0.694 bits per heavy atom. The van der Waals surface area contributed by atoms with Gasteiger partial charge >= 0.3 is 0 Å². The smallest absolute Gasteiger partial charge is 0.151 e. The van der Waals surface area contributed by atoms with Gasteiger partial charge in [0.2, 0.25) is 0 Å².